The third-order valence-electron chi connectivity index (χ3n) is 1.37. The molecule has 0 unspecified atom stereocenters. The maximum absolute atomic E-state index is 12.7. The molecular weight excluding hydrogens is 179 g/mol. The van der Waals surface area contributed by atoms with Crippen molar-refractivity contribution in [2.24, 2.45) is 0 Å². The molecule has 0 amide bonds. The number of benzene rings is 1. The van der Waals surface area contributed by atoms with Crippen molar-refractivity contribution in [2.75, 3.05) is 0 Å². The molecule has 0 saturated carbocycles. The first-order valence-corrected chi connectivity index (χ1v) is 3.13. The maximum atomic E-state index is 12.7. The Balaban J connectivity index is 3.44. The highest BCUT2D eigenvalue weighted by atomic mass is 19.1. The van der Waals surface area contributed by atoms with Crippen LogP contribution in [0.4, 0.5) is 10.1 Å². The molecule has 0 aliphatic carbocycles. The van der Waals surface area contributed by atoms with E-state index in [4.69, 9.17) is 10.4 Å². The summed E-state index contributed by atoms with van der Waals surface area (Å²) in [6.07, 6.45) is 0. The number of phenolic OH excluding ortho intramolecular Hbond substituents is 1. The Bertz CT molecular complexity index is 411. The summed E-state index contributed by atoms with van der Waals surface area (Å²) in [6.45, 7) is 0. The van der Waals surface area contributed by atoms with E-state index in [1.807, 2.05) is 0 Å². The number of aromatic hydroxyl groups is 1. The summed E-state index contributed by atoms with van der Waals surface area (Å²) in [7, 11) is 0. The summed E-state index contributed by atoms with van der Waals surface area (Å²) in [5, 5.41) is 27.4. The molecule has 0 bridgehead atoms. The molecule has 1 N–H and O–H groups in total. The molecule has 1 aromatic carbocycles. The van der Waals surface area contributed by atoms with Crippen molar-refractivity contribution >= 4 is 5.69 Å². The smallest absolute Gasteiger partial charge is 0.315 e. The number of nitriles is 1. The van der Waals surface area contributed by atoms with Crippen LogP contribution in [0, 0.1) is 27.3 Å². The van der Waals surface area contributed by atoms with Crippen LogP contribution in [0.3, 0.4) is 0 Å². The van der Waals surface area contributed by atoms with Gasteiger partial charge in [-0.1, -0.05) is 0 Å². The SMILES string of the molecule is N#Cc1cc(F)c(O)c([N+](=O)[O-])c1. The van der Waals surface area contributed by atoms with Crippen molar-refractivity contribution < 1.29 is 14.4 Å². The summed E-state index contributed by atoms with van der Waals surface area (Å²) in [5.74, 6) is -2.23. The Morgan fingerprint density at radius 1 is 1.62 bits per heavy atom. The van der Waals surface area contributed by atoms with Gasteiger partial charge in [0.2, 0.25) is 5.75 Å². The second-order valence-electron chi connectivity index (χ2n) is 2.19. The zero-order valence-corrected chi connectivity index (χ0v) is 6.19. The molecule has 6 heteroatoms. The zero-order chi connectivity index (χ0) is 10.0. The van der Waals surface area contributed by atoms with Gasteiger partial charge in [-0.05, 0) is 6.07 Å². The number of halogens is 1. The largest absolute Gasteiger partial charge is 0.500 e. The fourth-order valence-electron chi connectivity index (χ4n) is 0.788. The molecule has 66 valence electrons. The number of rotatable bonds is 1. The summed E-state index contributed by atoms with van der Waals surface area (Å²) < 4.78 is 12.7. The molecule has 0 aliphatic rings. The van der Waals surface area contributed by atoms with Gasteiger partial charge in [0.15, 0.2) is 5.82 Å². The Hall–Kier alpha value is -2.16. The van der Waals surface area contributed by atoms with Crippen LogP contribution < -0.4 is 0 Å². The third kappa shape index (κ3) is 1.54. The molecule has 5 nitrogen and oxygen atoms in total. The first kappa shape index (κ1) is 8.93. The van der Waals surface area contributed by atoms with Crippen molar-refractivity contribution in [1.82, 2.24) is 0 Å². The minimum absolute atomic E-state index is 0.206. The standard InChI is InChI=1S/C7H3FN2O3/c8-5-1-4(3-9)2-6(7(5)11)10(12)13/h1-2,11H. The molecule has 0 aliphatic heterocycles. The van der Waals surface area contributed by atoms with Gasteiger partial charge in [0.05, 0.1) is 16.6 Å². The van der Waals surface area contributed by atoms with Crippen LogP contribution in [0.15, 0.2) is 12.1 Å². The quantitative estimate of drug-likeness (QED) is 0.523. The van der Waals surface area contributed by atoms with E-state index < -0.39 is 22.2 Å². The molecule has 0 fully saturated rings. The van der Waals surface area contributed by atoms with Gasteiger partial charge in [-0.2, -0.15) is 5.26 Å². The Morgan fingerprint density at radius 3 is 2.69 bits per heavy atom. The van der Waals surface area contributed by atoms with Crippen LogP contribution in [-0.4, -0.2) is 10.0 Å². The number of phenols is 1. The van der Waals surface area contributed by atoms with Gasteiger partial charge < -0.3 is 5.11 Å². The molecule has 0 aromatic heterocycles. The van der Waals surface area contributed by atoms with Crippen LogP contribution in [0.25, 0.3) is 0 Å². The van der Waals surface area contributed by atoms with Crippen LogP contribution in [0.1, 0.15) is 5.56 Å². The second kappa shape index (κ2) is 3.06. The van der Waals surface area contributed by atoms with Gasteiger partial charge in [-0.25, -0.2) is 4.39 Å². The lowest BCUT2D eigenvalue weighted by Crippen LogP contribution is -1.92. The summed E-state index contributed by atoms with van der Waals surface area (Å²) in [6, 6.07) is 3.06. The molecular formula is C7H3FN2O3. The lowest BCUT2D eigenvalue weighted by molar-refractivity contribution is -0.386. The van der Waals surface area contributed by atoms with E-state index in [1.54, 1.807) is 0 Å². The van der Waals surface area contributed by atoms with Crippen molar-refractivity contribution in [1.29, 1.82) is 5.26 Å². The van der Waals surface area contributed by atoms with E-state index >= 15 is 0 Å². The monoisotopic (exact) mass is 182 g/mol. The van der Waals surface area contributed by atoms with E-state index in [0.29, 0.717) is 0 Å². The molecule has 0 heterocycles. The summed E-state index contributed by atoms with van der Waals surface area (Å²) >= 11 is 0. The number of nitro groups is 1. The fourth-order valence-corrected chi connectivity index (χ4v) is 0.788. The number of hydrogen-bond donors (Lipinski definition) is 1. The van der Waals surface area contributed by atoms with E-state index in [2.05, 4.69) is 0 Å². The highest BCUT2D eigenvalue weighted by Gasteiger charge is 2.18. The molecule has 1 rings (SSSR count). The van der Waals surface area contributed by atoms with Crippen LogP contribution >= 0.6 is 0 Å². The Kier molecular flexibility index (Phi) is 2.11. The minimum Gasteiger partial charge on any atom is -0.500 e. The van der Waals surface area contributed by atoms with Gasteiger partial charge in [0.1, 0.15) is 0 Å². The fraction of sp³-hybridized carbons (Fsp3) is 0. The van der Waals surface area contributed by atoms with Crippen LogP contribution in [0.2, 0.25) is 0 Å². The lowest BCUT2D eigenvalue weighted by Gasteiger charge is -1.97. The van der Waals surface area contributed by atoms with Gasteiger partial charge in [-0.3, -0.25) is 10.1 Å². The molecule has 13 heavy (non-hydrogen) atoms. The van der Waals surface area contributed by atoms with Crippen molar-refractivity contribution in [2.45, 2.75) is 0 Å². The van der Waals surface area contributed by atoms with E-state index in [9.17, 15) is 14.5 Å². The number of nitro benzene ring substituents is 1. The average molecular weight is 182 g/mol. The predicted molar refractivity (Wildman–Crippen MR) is 39.4 cm³/mol. The number of hydrogen-bond acceptors (Lipinski definition) is 4. The normalized spacial score (nSPS) is 9.23. The van der Waals surface area contributed by atoms with Crippen LogP contribution in [-0.2, 0) is 0 Å². The summed E-state index contributed by atoms with van der Waals surface area (Å²) in [5.41, 5.74) is -1.02. The van der Waals surface area contributed by atoms with Gasteiger partial charge in [0, 0.05) is 6.07 Å². The zero-order valence-electron chi connectivity index (χ0n) is 6.19. The van der Waals surface area contributed by atoms with E-state index in [0.717, 1.165) is 12.1 Å². The average Bonchev–Trinajstić information content (AvgIpc) is 2.09. The molecule has 0 saturated heterocycles. The first-order chi connectivity index (χ1) is 6.06. The predicted octanol–water partition coefficient (Wildman–Crippen LogP) is 1.31. The highest BCUT2D eigenvalue weighted by molar-refractivity contribution is 5.51. The lowest BCUT2D eigenvalue weighted by atomic mass is 10.2. The Morgan fingerprint density at radius 2 is 2.23 bits per heavy atom. The minimum atomic E-state index is -1.18. The molecule has 1 aromatic rings. The van der Waals surface area contributed by atoms with E-state index in [-0.39, 0.29) is 5.56 Å². The number of nitrogens with zero attached hydrogens (tertiary/aromatic N) is 2. The van der Waals surface area contributed by atoms with Gasteiger partial charge in [0.25, 0.3) is 0 Å². The maximum Gasteiger partial charge on any atom is 0.315 e. The van der Waals surface area contributed by atoms with Gasteiger partial charge in [-0.15, -0.1) is 0 Å². The first-order valence-electron chi connectivity index (χ1n) is 3.13. The summed E-state index contributed by atoms with van der Waals surface area (Å²) in [4.78, 5) is 9.25. The van der Waals surface area contributed by atoms with Crippen molar-refractivity contribution in [3.63, 3.8) is 0 Å². The van der Waals surface area contributed by atoms with E-state index in [1.165, 1.54) is 6.07 Å². The third-order valence-corrected chi connectivity index (χ3v) is 1.37. The molecule has 0 atom stereocenters. The Labute approximate surface area is 71.8 Å². The van der Waals surface area contributed by atoms with Crippen molar-refractivity contribution in [3.05, 3.63) is 33.6 Å². The topological polar surface area (TPSA) is 87.2 Å². The van der Waals surface area contributed by atoms with Gasteiger partial charge >= 0.3 is 5.69 Å². The highest BCUT2D eigenvalue weighted by Crippen LogP contribution is 2.29. The van der Waals surface area contributed by atoms with Crippen LogP contribution in [0.5, 0.6) is 5.75 Å². The van der Waals surface area contributed by atoms with Crippen molar-refractivity contribution in [3.8, 4) is 11.8 Å². The molecule has 0 spiro atoms. The molecule has 0 radical (unpaired) electrons. The second-order valence-corrected chi connectivity index (χ2v) is 2.19.